The Balaban J connectivity index is 4.00. The summed E-state index contributed by atoms with van der Waals surface area (Å²) in [5.41, 5.74) is 0.732. The molecule has 82 valence electrons. The van der Waals surface area contributed by atoms with Crippen LogP contribution in [0.1, 0.15) is 47.0 Å². The molecule has 0 heterocycles. The predicted molar refractivity (Wildman–Crippen MR) is 59.1 cm³/mol. The van der Waals surface area contributed by atoms with Crippen molar-refractivity contribution < 1.29 is 9.53 Å². The van der Waals surface area contributed by atoms with Gasteiger partial charge in [-0.05, 0) is 26.2 Å². The highest BCUT2D eigenvalue weighted by atomic mass is 16.5. The third kappa shape index (κ3) is 5.79. The van der Waals surface area contributed by atoms with Gasteiger partial charge < -0.3 is 4.74 Å². The number of ether oxygens (including phenoxy) is 1. The molecule has 0 saturated heterocycles. The van der Waals surface area contributed by atoms with Crippen LogP contribution in [0.5, 0.6) is 0 Å². The van der Waals surface area contributed by atoms with Crippen LogP contribution in [0, 0.1) is 5.92 Å². The second-order valence-corrected chi connectivity index (χ2v) is 3.69. The standard InChI is InChI=1S/C12H22O2/c1-5-7-8-10(3)9-11(4)12(13)14-6-2/h9-10H,5-8H2,1-4H3/b11-9+/t10-/m1/s1. The van der Waals surface area contributed by atoms with Gasteiger partial charge in [0.15, 0.2) is 0 Å². The van der Waals surface area contributed by atoms with Gasteiger partial charge in [-0.1, -0.05) is 32.8 Å². The molecule has 0 aromatic rings. The maximum Gasteiger partial charge on any atom is 0.333 e. The Bertz CT molecular complexity index is 194. The second-order valence-electron chi connectivity index (χ2n) is 3.69. The van der Waals surface area contributed by atoms with Crippen LogP contribution in [0.4, 0.5) is 0 Å². The van der Waals surface area contributed by atoms with E-state index in [1.54, 1.807) is 0 Å². The topological polar surface area (TPSA) is 26.3 Å². The van der Waals surface area contributed by atoms with E-state index in [9.17, 15) is 4.79 Å². The molecule has 0 aromatic heterocycles. The minimum atomic E-state index is -0.184. The fourth-order valence-electron chi connectivity index (χ4n) is 1.35. The molecular weight excluding hydrogens is 176 g/mol. The fraction of sp³-hybridized carbons (Fsp3) is 0.750. The zero-order valence-corrected chi connectivity index (χ0v) is 9.80. The predicted octanol–water partition coefficient (Wildman–Crippen LogP) is 3.32. The van der Waals surface area contributed by atoms with Crippen molar-refractivity contribution in [2.75, 3.05) is 6.61 Å². The summed E-state index contributed by atoms with van der Waals surface area (Å²) in [6, 6.07) is 0. The van der Waals surface area contributed by atoms with Gasteiger partial charge in [0.05, 0.1) is 6.61 Å². The largest absolute Gasteiger partial charge is 0.463 e. The molecule has 0 N–H and O–H groups in total. The molecule has 0 fully saturated rings. The van der Waals surface area contributed by atoms with E-state index in [4.69, 9.17) is 4.74 Å². The molecule has 0 aromatic carbocycles. The molecule has 0 rings (SSSR count). The molecule has 1 atom stereocenters. The van der Waals surface area contributed by atoms with Crippen molar-refractivity contribution in [1.82, 2.24) is 0 Å². The van der Waals surface area contributed by atoms with Crippen molar-refractivity contribution >= 4 is 5.97 Å². The third-order valence-corrected chi connectivity index (χ3v) is 2.14. The van der Waals surface area contributed by atoms with Gasteiger partial charge in [0.25, 0.3) is 0 Å². The zero-order chi connectivity index (χ0) is 11.0. The quantitative estimate of drug-likeness (QED) is 0.483. The first-order valence-corrected chi connectivity index (χ1v) is 5.47. The Morgan fingerprint density at radius 3 is 2.57 bits per heavy atom. The SMILES string of the molecule is CCCC[C@@H](C)/C=C(\C)C(=O)OCC. The minimum Gasteiger partial charge on any atom is -0.463 e. The average Bonchev–Trinajstić information content (AvgIpc) is 2.15. The number of carbonyl (C=O) groups is 1. The van der Waals surface area contributed by atoms with Gasteiger partial charge in [-0.25, -0.2) is 4.79 Å². The molecule has 0 unspecified atom stereocenters. The maximum absolute atomic E-state index is 11.3. The lowest BCUT2D eigenvalue weighted by Crippen LogP contribution is -2.06. The van der Waals surface area contributed by atoms with Crippen LogP contribution in [0.2, 0.25) is 0 Å². The van der Waals surface area contributed by atoms with E-state index in [2.05, 4.69) is 13.8 Å². The molecule has 0 aliphatic rings. The van der Waals surface area contributed by atoms with Crippen LogP contribution in [0.25, 0.3) is 0 Å². The molecule has 2 heteroatoms. The molecule has 0 aliphatic heterocycles. The second kappa shape index (κ2) is 7.60. The first-order chi connectivity index (χ1) is 6.61. The molecule has 2 nitrogen and oxygen atoms in total. The molecule has 14 heavy (non-hydrogen) atoms. The Morgan fingerprint density at radius 1 is 1.43 bits per heavy atom. The lowest BCUT2D eigenvalue weighted by atomic mass is 10.0. The third-order valence-electron chi connectivity index (χ3n) is 2.14. The minimum absolute atomic E-state index is 0.184. The van der Waals surface area contributed by atoms with Crippen molar-refractivity contribution in [3.63, 3.8) is 0 Å². The normalized spacial score (nSPS) is 13.9. The lowest BCUT2D eigenvalue weighted by molar-refractivity contribution is -0.138. The number of allylic oxidation sites excluding steroid dienone is 1. The Kier molecular flexibility index (Phi) is 7.17. The summed E-state index contributed by atoms with van der Waals surface area (Å²) < 4.78 is 4.90. The smallest absolute Gasteiger partial charge is 0.333 e. The summed E-state index contributed by atoms with van der Waals surface area (Å²) in [5.74, 6) is 0.287. The van der Waals surface area contributed by atoms with Gasteiger partial charge in [0.1, 0.15) is 0 Å². The van der Waals surface area contributed by atoms with E-state index in [0.717, 1.165) is 12.0 Å². The molecular formula is C12H22O2. The average molecular weight is 198 g/mol. The summed E-state index contributed by atoms with van der Waals surface area (Å²) in [6.07, 6.45) is 5.57. The van der Waals surface area contributed by atoms with Crippen molar-refractivity contribution in [2.45, 2.75) is 47.0 Å². The number of hydrogen-bond donors (Lipinski definition) is 0. The van der Waals surface area contributed by atoms with Crippen molar-refractivity contribution in [3.8, 4) is 0 Å². The van der Waals surface area contributed by atoms with Gasteiger partial charge >= 0.3 is 5.97 Å². The van der Waals surface area contributed by atoms with Crippen molar-refractivity contribution in [3.05, 3.63) is 11.6 Å². The number of rotatable bonds is 6. The zero-order valence-electron chi connectivity index (χ0n) is 9.80. The molecule has 0 radical (unpaired) electrons. The highest BCUT2D eigenvalue weighted by molar-refractivity contribution is 5.87. The summed E-state index contributed by atoms with van der Waals surface area (Å²) in [4.78, 5) is 11.3. The van der Waals surface area contributed by atoms with Gasteiger partial charge in [0, 0.05) is 5.57 Å². The van der Waals surface area contributed by atoms with Crippen molar-refractivity contribution in [2.24, 2.45) is 5.92 Å². The van der Waals surface area contributed by atoms with E-state index >= 15 is 0 Å². The van der Waals surface area contributed by atoms with Crippen molar-refractivity contribution in [1.29, 1.82) is 0 Å². The van der Waals surface area contributed by atoms with Crippen LogP contribution in [-0.2, 0) is 9.53 Å². The molecule has 0 aliphatic carbocycles. The number of unbranched alkanes of at least 4 members (excludes halogenated alkanes) is 1. The fourth-order valence-corrected chi connectivity index (χ4v) is 1.35. The van der Waals surface area contributed by atoms with Crippen LogP contribution in [-0.4, -0.2) is 12.6 Å². The lowest BCUT2D eigenvalue weighted by Gasteiger charge is -2.07. The van der Waals surface area contributed by atoms with E-state index in [0.29, 0.717) is 12.5 Å². The molecule has 0 bridgehead atoms. The highest BCUT2D eigenvalue weighted by Gasteiger charge is 2.06. The Labute approximate surface area is 87.3 Å². The van der Waals surface area contributed by atoms with E-state index in [1.807, 2.05) is 19.9 Å². The van der Waals surface area contributed by atoms with E-state index in [1.165, 1.54) is 12.8 Å². The van der Waals surface area contributed by atoms with Crippen LogP contribution < -0.4 is 0 Å². The summed E-state index contributed by atoms with van der Waals surface area (Å²) >= 11 is 0. The number of hydrogen-bond acceptors (Lipinski definition) is 2. The van der Waals surface area contributed by atoms with E-state index < -0.39 is 0 Å². The molecule has 0 saturated carbocycles. The molecule has 0 spiro atoms. The first-order valence-electron chi connectivity index (χ1n) is 5.47. The Morgan fingerprint density at radius 2 is 2.07 bits per heavy atom. The van der Waals surface area contributed by atoms with Crippen LogP contribution in [0.15, 0.2) is 11.6 Å². The van der Waals surface area contributed by atoms with Gasteiger partial charge in [0.2, 0.25) is 0 Å². The Hall–Kier alpha value is -0.790. The summed E-state index contributed by atoms with van der Waals surface area (Å²) in [5, 5.41) is 0. The van der Waals surface area contributed by atoms with Gasteiger partial charge in [-0.3, -0.25) is 0 Å². The van der Waals surface area contributed by atoms with Gasteiger partial charge in [-0.2, -0.15) is 0 Å². The highest BCUT2D eigenvalue weighted by Crippen LogP contribution is 2.12. The van der Waals surface area contributed by atoms with Crippen LogP contribution >= 0.6 is 0 Å². The maximum atomic E-state index is 11.3. The van der Waals surface area contributed by atoms with E-state index in [-0.39, 0.29) is 5.97 Å². The molecule has 0 amide bonds. The van der Waals surface area contributed by atoms with Gasteiger partial charge in [-0.15, -0.1) is 0 Å². The monoisotopic (exact) mass is 198 g/mol. The number of carbonyl (C=O) groups excluding carboxylic acids is 1. The van der Waals surface area contributed by atoms with Crippen LogP contribution in [0.3, 0.4) is 0 Å². The first kappa shape index (κ1) is 13.2. The summed E-state index contributed by atoms with van der Waals surface area (Å²) in [6.45, 7) is 8.41. The summed E-state index contributed by atoms with van der Waals surface area (Å²) in [7, 11) is 0. The number of esters is 1.